The van der Waals surface area contributed by atoms with Crippen LogP contribution < -0.4 is 14.8 Å². The third kappa shape index (κ3) is 3.36. The summed E-state index contributed by atoms with van der Waals surface area (Å²) in [5, 5.41) is 11.8. The Morgan fingerprint density at radius 2 is 2.12 bits per heavy atom. The van der Waals surface area contributed by atoms with E-state index in [2.05, 4.69) is 11.4 Å². The van der Waals surface area contributed by atoms with Gasteiger partial charge in [-0.2, -0.15) is 5.26 Å². The number of benzene rings is 1. The molecule has 1 atom stereocenters. The van der Waals surface area contributed by atoms with Crippen molar-refractivity contribution in [3.05, 3.63) is 23.8 Å². The van der Waals surface area contributed by atoms with E-state index >= 15 is 0 Å². The molecule has 0 spiro atoms. The molecule has 1 aromatic carbocycles. The van der Waals surface area contributed by atoms with Gasteiger partial charge in [-0.3, -0.25) is 0 Å². The van der Waals surface area contributed by atoms with Crippen LogP contribution in [-0.4, -0.2) is 21.3 Å². The number of methoxy groups -OCH3 is 2. The van der Waals surface area contributed by atoms with E-state index in [0.29, 0.717) is 6.42 Å². The van der Waals surface area contributed by atoms with Gasteiger partial charge in [0, 0.05) is 18.0 Å². The molecule has 1 N–H and O–H groups in total. The van der Waals surface area contributed by atoms with Crippen molar-refractivity contribution in [2.75, 3.05) is 21.3 Å². The van der Waals surface area contributed by atoms with Gasteiger partial charge >= 0.3 is 0 Å². The van der Waals surface area contributed by atoms with Gasteiger partial charge in [0.2, 0.25) is 0 Å². The molecule has 0 amide bonds. The first kappa shape index (κ1) is 13.3. The van der Waals surface area contributed by atoms with Gasteiger partial charge in [0.05, 0.1) is 20.3 Å². The maximum absolute atomic E-state index is 8.65. The van der Waals surface area contributed by atoms with Gasteiger partial charge in [-0.15, -0.1) is 0 Å². The largest absolute Gasteiger partial charge is 0.497 e. The Morgan fingerprint density at radius 3 is 2.65 bits per heavy atom. The molecule has 0 saturated carbocycles. The average molecular weight is 234 g/mol. The minimum absolute atomic E-state index is 0.0969. The molecule has 0 saturated heterocycles. The molecule has 1 unspecified atom stereocenters. The van der Waals surface area contributed by atoms with Crippen LogP contribution in [0.4, 0.5) is 0 Å². The number of nitrogens with one attached hydrogen (secondary N) is 1. The molecule has 1 rings (SSSR count). The first-order valence-corrected chi connectivity index (χ1v) is 5.53. The lowest BCUT2D eigenvalue weighted by Gasteiger charge is -2.19. The number of nitriles is 1. The molecule has 0 heterocycles. The summed E-state index contributed by atoms with van der Waals surface area (Å²) in [6.07, 6.45) is 1.25. The highest BCUT2D eigenvalue weighted by molar-refractivity contribution is 5.42. The van der Waals surface area contributed by atoms with Crippen molar-refractivity contribution in [2.45, 2.75) is 18.9 Å². The molecular weight excluding hydrogens is 216 g/mol. The zero-order valence-electron chi connectivity index (χ0n) is 10.5. The van der Waals surface area contributed by atoms with Gasteiger partial charge in [-0.25, -0.2) is 0 Å². The fourth-order valence-corrected chi connectivity index (χ4v) is 1.78. The molecule has 0 bridgehead atoms. The smallest absolute Gasteiger partial charge is 0.123 e. The van der Waals surface area contributed by atoms with Gasteiger partial charge in [0.15, 0.2) is 0 Å². The molecule has 17 heavy (non-hydrogen) atoms. The Kier molecular flexibility index (Phi) is 5.31. The Morgan fingerprint density at radius 1 is 1.35 bits per heavy atom. The second-order valence-corrected chi connectivity index (χ2v) is 3.65. The summed E-state index contributed by atoms with van der Waals surface area (Å²) in [4.78, 5) is 0. The summed E-state index contributed by atoms with van der Waals surface area (Å²) in [5.41, 5.74) is 1.02. The van der Waals surface area contributed by atoms with Crippen LogP contribution in [0.1, 0.15) is 24.4 Å². The van der Waals surface area contributed by atoms with Crippen LogP contribution in [0.15, 0.2) is 18.2 Å². The van der Waals surface area contributed by atoms with Gasteiger partial charge < -0.3 is 14.8 Å². The highest BCUT2D eigenvalue weighted by Gasteiger charge is 2.15. The molecule has 0 aliphatic heterocycles. The highest BCUT2D eigenvalue weighted by Crippen LogP contribution is 2.31. The van der Waals surface area contributed by atoms with Crippen molar-refractivity contribution in [3.63, 3.8) is 0 Å². The van der Waals surface area contributed by atoms with E-state index in [1.807, 2.05) is 25.2 Å². The van der Waals surface area contributed by atoms with Crippen LogP contribution in [0.3, 0.4) is 0 Å². The normalized spacial score (nSPS) is 11.6. The van der Waals surface area contributed by atoms with Crippen LogP contribution in [0.2, 0.25) is 0 Å². The van der Waals surface area contributed by atoms with E-state index < -0.39 is 0 Å². The maximum Gasteiger partial charge on any atom is 0.123 e. The van der Waals surface area contributed by atoms with E-state index in [0.717, 1.165) is 23.5 Å². The average Bonchev–Trinajstić information content (AvgIpc) is 2.39. The zero-order valence-corrected chi connectivity index (χ0v) is 10.5. The number of hydrogen-bond donors (Lipinski definition) is 1. The molecular formula is C13H18N2O2. The minimum atomic E-state index is 0.0969. The zero-order chi connectivity index (χ0) is 12.7. The van der Waals surface area contributed by atoms with Crippen LogP contribution in [0.25, 0.3) is 0 Å². The first-order chi connectivity index (χ1) is 8.26. The van der Waals surface area contributed by atoms with E-state index in [1.165, 1.54) is 0 Å². The molecule has 0 radical (unpaired) electrons. The van der Waals surface area contributed by atoms with E-state index in [9.17, 15) is 0 Å². The SMILES string of the molecule is CNC(CCC#N)c1cc(OC)ccc1OC. The molecule has 0 aliphatic rings. The van der Waals surface area contributed by atoms with Gasteiger partial charge in [0.25, 0.3) is 0 Å². The quantitative estimate of drug-likeness (QED) is 0.820. The summed E-state index contributed by atoms with van der Waals surface area (Å²) >= 11 is 0. The Bertz CT molecular complexity index is 399. The lowest BCUT2D eigenvalue weighted by atomic mass is 10.0. The number of ether oxygens (including phenoxy) is 2. The van der Waals surface area contributed by atoms with Crippen molar-refractivity contribution in [2.24, 2.45) is 0 Å². The van der Waals surface area contributed by atoms with Gasteiger partial charge in [-0.1, -0.05) is 0 Å². The van der Waals surface area contributed by atoms with Crippen LogP contribution in [-0.2, 0) is 0 Å². The Labute approximate surface area is 102 Å². The second kappa shape index (κ2) is 6.77. The molecule has 4 nitrogen and oxygen atoms in total. The predicted octanol–water partition coefficient (Wildman–Crippen LogP) is 2.27. The summed E-state index contributed by atoms with van der Waals surface area (Å²) in [5.74, 6) is 1.60. The molecule has 0 aromatic heterocycles. The summed E-state index contributed by atoms with van der Waals surface area (Å²) in [6, 6.07) is 7.94. The van der Waals surface area contributed by atoms with E-state index in [4.69, 9.17) is 14.7 Å². The number of rotatable bonds is 6. The third-order valence-corrected chi connectivity index (χ3v) is 2.71. The van der Waals surface area contributed by atoms with Crippen molar-refractivity contribution in [1.82, 2.24) is 5.32 Å². The molecule has 4 heteroatoms. The Hall–Kier alpha value is -1.73. The standard InChI is InChI=1S/C13H18N2O2/c1-15-12(5-4-8-14)11-9-10(16-2)6-7-13(11)17-3/h6-7,9,12,15H,4-5H2,1-3H3. The van der Waals surface area contributed by atoms with E-state index in [-0.39, 0.29) is 6.04 Å². The second-order valence-electron chi connectivity index (χ2n) is 3.65. The Balaban J connectivity index is 3.02. The van der Waals surface area contributed by atoms with Gasteiger partial charge in [0.1, 0.15) is 11.5 Å². The topological polar surface area (TPSA) is 54.3 Å². The third-order valence-electron chi connectivity index (χ3n) is 2.71. The predicted molar refractivity (Wildman–Crippen MR) is 66.2 cm³/mol. The number of hydrogen-bond acceptors (Lipinski definition) is 4. The lowest BCUT2D eigenvalue weighted by Crippen LogP contribution is -2.17. The van der Waals surface area contributed by atoms with Gasteiger partial charge in [-0.05, 0) is 31.7 Å². The summed E-state index contributed by atoms with van der Waals surface area (Å²) in [7, 11) is 5.15. The van der Waals surface area contributed by atoms with E-state index in [1.54, 1.807) is 14.2 Å². The molecule has 0 fully saturated rings. The lowest BCUT2D eigenvalue weighted by molar-refractivity contribution is 0.389. The van der Waals surface area contributed by atoms with Crippen molar-refractivity contribution in [1.29, 1.82) is 5.26 Å². The minimum Gasteiger partial charge on any atom is -0.497 e. The van der Waals surface area contributed by atoms with Crippen LogP contribution >= 0.6 is 0 Å². The summed E-state index contributed by atoms with van der Waals surface area (Å²) in [6.45, 7) is 0. The van der Waals surface area contributed by atoms with Crippen molar-refractivity contribution < 1.29 is 9.47 Å². The monoisotopic (exact) mass is 234 g/mol. The molecule has 0 aliphatic carbocycles. The van der Waals surface area contributed by atoms with Crippen molar-refractivity contribution >= 4 is 0 Å². The fraction of sp³-hybridized carbons (Fsp3) is 0.462. The highest BCUT2D eigenvalue weighted by atomic mass is 16.5. The molecule has 1 aromatic rings. The van der Waals surface area contributed by atoms with Crippen LogP contribution in [0, 0.1) is 11.3 Å². The number of nitrogens with zero attached hydrogens (tertiary/aromatic N) is 1. The summed E-state index contributed by atoms with van der Waals surface area (Å²) < 4.78 is 10.5. The fourth-order valence-electron chi connectivity index (χ4n) is 1.78. The van der Waals surface area contributed by atoms with Crippen LogP contribution in [0.5, 0.6) is 11.5 Å². The van der Waals surface area contributed by atoms with Crippen molar-refractivity contribution in [3.8, 4) is 17.6 Å². The molecule has 92 valence electrons. The maximum atomic E-state index is 8.65. The first-order valence-electron chi connectivity index (χ1n) is 5.53.